The van der Waals surface area contributed by atoms with Gasteiger partial charge in [-0.1, -0.05) is 12.2 Å². The molecule has 2 nitrogen and oxygen atoms in total. The molecule has 1 aromatic heterocycles. The van der Waals surface area contributed by atoms with Crippen LogP contribution >= 0.6 is 0 Å². The van der Waals surface area contributed by atoms with E-state index in [1.54, 1.807) is 30.4 Å². The van der Waals surface area contributed by atoms with E-state index in [0.29, 0.717) is 23.1 Å². The van der Waals surface area contributed by atoms with Crippen LogP contribution < -0.4 is 5.73 Å². The van der Waals surface area contributed by atoms with E-state index in [1.807, 2.05) is 0 Å². The van der Waals surface area contributed by atoms with Gasteiger partial charge in [0.15, 0.2) is 0 Å². The highest BCUT2D eigenvalue weighted by Crippen LogP contribution is 2.22. The van der Waals surface area contributed by atoms with Crippen LogP contribution in [0.15, 0.2) is 35.0 Å². The predicted molar refractivity (Wildman–Crippen MR) is 54.3 cm³/mol. The average molecular weight is 191 g/mol. The summed E-state index contributed by atoms with van der Waals surface area (Å²) >= 11 is 0. The van der Waals surface area contributed by atoms with Crippen molar-refractivity contribution in [1.29, 1.82) is 0 Å². The van der Waals surface area contributed by atoms with Crippen molar-refractivity contribution in [2.75, 3.05) is 6.54 Å². The van der Waals surface area contributed by atoms with Gasteiger partial charge < -0.3 is 10.2 Å². The maximum absolute atomic E-state index is 13.7. The second-order valence-electron chi connectivity index (χ2n) is 2.94. The highest BCUT2D eigenvalue weighted by atomic mass is 19.1. The molecule has 0 amide bonds. The Hall–Kier alpha value is -1.61. The molecular weight excluding hydrogens is 181 g/mol. The zero-order valence-electron chi connectivity index (χ0n) is 7.53. The summed E-state index contributed by atoms with van der Waals surface area (Å²) in [6, 6.07) is 5.03. The molecule has 0 spiro atoms. The van der Waals surface area contributed by atoms with Crippen molar-refractivity contribution in [3.05, 3.63) is 41.9 Å². The maximum Gasteiger partial charge on any atom is 0.141 e. The van der Waals surface area contributed by atoms with Crippen LogP contribution in [0.4, 0.5) is 4.39 Å². The molecule has 2 rings (SSSR count). The lowest BCUT2D eigenvalue weighted by atomic mass is 10.1. The molecule has 0 fully saturated rings. The molecule has 0 saturated carbocycles. The minimum atomic E-state index is -0.263. The van der Waals surface area contributed by atoms with Crippen molar-refractivity contribution in [3.8, 4) is 0 Å². The number of fused-ring (bicyclic) bond motifs is 1. The van der Waals surface area contributed by atoms with Gasteiger partial charge in [-0.2, -0.15) is 0 Å². The molecule has 0 bridgehead atoms. The summed E-state index contributed by atoms with van der Waals surface area (Å²) in [6.45, 7) is 0.406. The number of benzene rings is 1. The summed E-state index contributed by atoms with van der Waals surface area (Å²) < 4.78 is 18.7. The molecule has 0 saturated heterocycles. The third-order valence-electron chi connectivity index (χ3n) is 2.03. The van der Waals surface area contributed by atoms with Gasteiger partial charge in [-0.25, -0.2) is 4.39 Å². The van der Waals surface area contributed by atoms with E-state index < -0.39 is 0 Å². The Kier molecular flexibility index (Phi) is 2.33. The lowest BCUT2D eigenvalue weighted by Crippen LogP contribution is -1.92. The molecule has 1 heterocycles. The Balaban J connectivity index is 2.56. The van der Waals surface area contributed by atoms with Gasteiger partial charge in [-0.15, -0.1) is 0 Å². The summed E-state index contributed by atoms with van der Waals surface area (Å²) in [7, 11) is 0. The minimum Gasteiger partial charge on any atom is -0.464 e. The Morgan fingerprint density at radius 3 is 3.00 bits per heavy atom. The van der Waals surface area contributed by atoms with Gasteiger partial charge >= 0.3 is 0 Å². The van der Waals surface area contributed by atoms with Crippen molar-refractivity contribution < 1.29 is 8.81 Å². The van der Waals surface area contributed by atoms with E-state index in [1.165, 1.54) is 6.26 Å². The zero-order chi connectivity index (χ0) is 9.97. The lowest BCUT2D eigenvalue weighted by Gasteiger charge is -1.97. The first kappa shape index (κ1) is 8.97. The highest BCUT2D eigenvalue weighted by molar-refractivity contribution is 5.80. The van der Waals surface area contributed by atoms with Gasteiger partial charge in [-0.05, 0) is 18.2 Å². The van der Waals surface area contributed by atoms with Gasteiger partial charge in [-0.3, -0.25) is 0 Å². The van der Waals surface area contributed by atoms with Crippen LogP contribution in [-0.2, 0) is 0 Å². The first-order valence-electron chi connectivity index (χ1n) is 4.35. The summed E-state index contributed by atoms with van der Waals surface area (Å²) in [5.74, 6) is -0.263. The van der Waals surface area contributed by atoms with E-state index >= 15 is 0 Å². The molecule has 14 heavy (non-hydrogen) atoms. The van der Waals surface area contributed by atoms with Crippen LogP contribution in [0.5, 0.6) is 0 Å². The predicted octanol–water partition coefficient (Wildman–Crippen LogP) is 2.54. The SMILES string of the molecule is NC/C=C/c1ccc2occc2c1F. The Bertz CT molecular complexity index is 473. The molecule has 0 unspecified atom stereocenters. The topological polar surface area (TPSA) is 39.2 Å². The van der Waals surface area contributed by atoms with Crippen LogP contribution in [0.25, 0.3) is 17.0 Å². The molecular formula is C11H10FNO. The highest BCUT2D eigenvalue weighted by Gasteiger charge is 2.06. The molecule has 1 aromatic carbocycles. The Labute approximate surface area is 80.8 Å². The van der Waals surface area contributed by atoms with E-state index in [-0.39, 0.29) is 5.82 Å². The van der Waals surface area contributed by atoms with Gasteiger partial charge in [0.2, 0.25) is 0 Å². The smallest absolute Gasteiger partial charge is 0.141 e. The molecule has 0 radical (unpaired) electrons. The third kappa shape index (κ3) is 1.42. The van der Waals surface area contributed by atoms with E-state index in [9.17, 15) is 4.39 Å². The summed E-state index contributed by atoms with van der Waals surface area (Å²) in [4.78, 5) is 0. The summed E-state index contributed by atoms with van der Waals surface area (Å²) in [5, 5.41) is 0.504. The maximum atomic E-state index is 13.7. The molecule has 0 atom stereocenters. The van der Waals surface area contributed by atoms with Crippen molar-refractivity contribution >= 4 is 17.0 Å². The number of rotatable bonds is 2. The molecule has 0 aliphatic carbocycles. The summed E-state index contributed by atoms with van der Waals surface area (Å²) in [6.07, 6.45) is 4.86. The second-order valence-corrected chi connectivity index (χ2v) is 2.94. The molecule has 2 aromatic rings. The van der Waals surface area contributed by atoms with E-state index in [2.05, 4.69) is 0 Å². The fourth-order valence-electron chi connectivity index (χ4n) is 1.35. The number of hydrogen-bond donors (Lipinski definition) is 1. The Morgan fingerprint density at radius 1 is 1.36 bits per heavy atom. The standard InChI is InChI=1S/C11H10FNO/c12-11-8(2-1-6-13)3-4-10-9(11)5-7-14-10/h1-5,7H,6,13H2/b2-1+. The fraction of sp³-hybridized carbons (Fsp3) is 0.0909. The van der Waals surface area contributed by atoms with Crippen molar-refractivity contribution in [1.82, 2.24) is 0 Å². The first-order valence-corrected chi connectivity index (χ1v) is 4.35. The van der Waals surface area contributed by atoms with Crippen molar-refractivity contribution in [2.24, 2.45) is 5.73 Å². The van der Waals surface area contributed by atoms with Crippen LogP contribution in [0.1, 0.15) is 5.56 Å². The number of halogens is 1. The zero-order valence-corrected chi connectivity index (χ0v) is 7.53. The molecule has 0 aliphatic rings. The monoisotopic (exact) mass is 191 g/mol. The molecule has 2 N–H and O–H groups in total. The number of furan rings is 1. The van der Waals surface area contributed by atoms with Gasteiger partial charge in [0.05, 0.1) is 11.6 Å². The first-order chi connectivity index (χ1) is 6.83. The quantitative estimate of drug-likeness (QED) is 0.792. The van der Waals surface area contributed by atoms with Crippen LogP contribution in [-0.4, -0.2) is 6.54 Å². The minimum absolute atomic E-state index is 0.263. The van der Waals surface area contributed by atoms with Gasteiger partial charge in [0.1, 0.15) is 11.4 Å². The van der Waals surface area contributed by atoms with Crippen molar-refractivity contribution in [3.63, 3.8) is 0 Å². The van der Waals surface area contributed by atoms with E-state index in [4.69, 9.17) is 10.2 Å². The fourth-order valence-corrected chi connectivity index (χ4v) is 1.35. The molecule has 3 heteroatoms. The Morgan fingerprint density at radius 2 is 2.21 bits per heavy atom. The lowest BCUT2D eigenvalue weighted by molar-refractivity contribution is 0.610. The second kappa shape index (κ2) is 3.64. The van der Waals surface area contributed by atoms with Crippen molar-refractivity contribution in [2.45, 2.75) is 0 Å². The van der Waals surface area contributed by atoms with Crippen LogP contribution in [0.2, 0.25) is 0 Å². The normalized spacial score (nSPS) is 11.6. The van der Waals surface area contributed by atoms with Crippen LogP contribution in [0, 0.1) is 5.82 Å². The van der Waals surface area contributed by atoms with Gasteiger partial charge in [0, 0.05) is 12.1 Å². The average Bonchev–Trinajstić information content (AvgIpc) is 2.66. The number of hydrogen-bond acceptors (Lipinski definition) is 2. The third-order valence-corrected chi connectivity index (χ3v) is 2.03. The molecule has 72 valence electrons. The molecule has 0 aliphatic heterocycles. The van der Waals surface area contributed by atoms with E-state index in [0.717, 1.165) is 0 Å². The summed E-state index contributed by atoms with van der Waals surface area (Å²) in [5.41, 5.74) is 6.39. The largest absolute Gasteiger partial charge is 0.464 e. The van der Waals surface area contributed by atoms with Gasteiger partial charge in [0.25, 0.3) is 0 Å². The number of nitrogens with two attached hydrogens (primary N) is 1. The van der Waals surface area contributed by atoms with Crippen LogP contribution in [0.3, 0.4) is 0 Å².